The molecule has 2 aromatic heterocycles. The van der Waals surface area contributed by atoms with Gasteiger partial charge in [0, 0.05) is 22.8 Å². The average Bonchev–Trinajstić information content (AvgIpc) is 2.86. The van der Waals surface area contributed by atoms with Crippen molar-refractivity contribution in [3.05, 3.63) is 29.0 Å². The number of hydrogen-bond donors (Lipinski definition) is 3. The van der Waals surface area contributed by atoms with Crippen LogP contribution < -0.4 is 16.0 Å². The van der Waals surface area contributed by atoms with E-state index in [4.69, 9.17) is 5.84 Å². The van der Waals surface area contributed by atoms with Gasteiger partial charge in [0.05, 0.1) is 6.20 Å². The molecule has 0 amide bonds. The van der Waals surface area contributed by atoms with Crippen molar-refractivity contribution in [3.63, 3.8) is 0 Å². The van der Waals surface area contributed by atoms with Crippen molar-refractivity contribution in [1.82, 2.24) is 14.8 Å². The number of rotatable bonds is 5. The Morgan fingerprint density at radius 3 is 2.76 bits per heavy atom. The number of sulfonamides is 1. The molecule has 4 N–H and O–H groups in total. The summed E-state index contributed by atoms with van der Waals surface area (Å²) in [7, 11) is -3.85. The Bertz CT molecular complexity index is 743. The molecule has 0 bridgehead atoms. The largest absolute Gasteiger partial charge is 0.307 e. The number of nitrogen functional groups attached to an aromatic ring is 1. The van der Waals surface area contributed by atoms with Crippen LogP contribution in [0.3, 0.4) is 0 Å². The van der Waals surface area contributed by atoms with E-state index in [2.05, 4.69) is 36.2 Å². The van der Waals surface area contributed by atoms with Crippen LogP contribution in [0.5, 0.6) is 0 Å². The van der Waals surface area contributed by atoms with Crippen LogP contribution in [0.2, 0.25) is 0 Å². The third-order valence-corrected chi connectivity index (χ3v) is 4.45. The van der Waals surface area contributed by atoms with Crippen LogP contribution in [0, 0.1) is 0 Å². The molecule has 0 spiro atoms. The van der Waals surface area contributed by atoms with Crippen molar-refractivity contribution in [1.29, 1.82) is 0 Å². The zero-order chi connectivity index (χ0) is 15.6. The zero-order valence-corrected chi connectivity index (χ0v) is 13.8. The third kappa shape index (κ3) is 3.34. The molecule has 0 fully saturated rings. The Balaban J connectivity index is 2.43. The summed E-state index contributed by atoms with van der Waals surface area (Å²) in [4.78, 5) is 3.87. The van der Waals surface area contributed by atoms with Gasteiger partial charge in [0.15, 0.2) is 5.82 Å². The van der Waals surface area contributed by atoms with E-state index in [-0.39, 0.29) is 16.8 Å². The number of hydrogen-bond acceptors (Lipinski definition) is 6. The highest BCUT2D eigenvalue weighted by atomic mass is 79.9. The van der Waals surface area contributed by atoms with Crippen molar-refractivity contribution in [3.8, 4) is 0 Å². The lowest BCUT2D eigenvalue weighted by molar-refractivity contribution is 0.539. The normalized spacial score (nSPS) is 11.7. The fourth-order valence-corrected chi connectivity index (χ4v) is 3.41. The van der Waals surface area contributed by atoms with E-state index >= 15 is 0 Å². The van der Waals surface area contributed by atoms with Gasteiger partial charge in [0.2, 0.25) is 0 Å². The molecule has 2 aromatic rings. The van der Waals surface area contributed by atoms with Gasteiger partial charge in [0.1, 0.15) is 10.7 Å². The summed E-state index contributed by atoms with van der Waals surface area (Å²) in [6.07, 6.45) is 2.98. The average molecular weight is 375 g/mol. The van der Waals surface area contributed by atoms with Crippen LogP contribution in [0.15, 0.2) is 33.9 Å². The molecule has 0 radical (unpaired) electrons. The second kappa shape index (κ2) is 6.00. The molecule has 0 aromatic carbocycles. The number of anilines is 2. The van der Waals surface area contributed by atoms with Gasteiger partial charge in [-0.15, -0.1) is 0 Å². The lowest BCUT2D eigenvalue weighted by atomic mass is 10.4. The number of nitrogens with one attached hydrogen (secondary N) is 2. The Morgan fingerprint density at radius 2 is 2.14 bits per heavy atom. The second-order valence-electron chi connectivity index (χ2n) is 4.50. The highest BCUT2D eigenvalue weighted by Gasteiger charge is 2.22. The van der Waals surface area contributed by atoms with E-state index in [1.807, 2.05) is 13.8 Å². The molecule has 10 heteroatoms. The van der Waals surface area contributed by atoms with Crippen LogP contribution in [0.1, 0.15) is 19.9 Å². The SMILES string of the molecule is CC(C)n1nccc1NS(=O)(=O)c1cc(Br)cnc1NN. The number of hydrazine groups is 1. The van der Waals surface area contributed by atoms with Crippen LogP contribution >= 0.6 is 15.9 Å². The van der Waals surface area contributed by atoms with Crippen LogP contribution in [0.25, 0.3) is 0 Å². The molecule has 2 rings (SSSR count). The van der Waals surface area contributed by atoms with Crippen molar-refractivity contribution in [2.45, 2.75) is 24.8 Å². The lowest BCUT2D eigenvalue weighted by Gasteiger charge is -2.14. The van der Waals surface area contributed by atoms with Crippen molar-refractivity contribution >= 4 is 37.6 Å². The predicted molar refractivity (Wildman–Crippen MR) is 83.2 cm³/mol. The third-order valence-electron chi connectivity index (χ3n) is 2.64. The smallest absolute Gasteiger partial charge is 0.266 e. The number of pyridine rings is 1. The first kappa shape index (κ1) is 15.7. The topological polar surface area (TPSA) is 115 Å². The minimum absolute atomic E-state index is 0.0189. The maximum absolute atomic E-state index is 12.5. The second-order valence-corrected chi connectivity index (χ2v) is 7.07. The van der Waals surface area contributed by atoms with Gasteiger partial charge in [-0.25, -0.2) is 23.9 Å². The first-order chi connectivity index (χ1) is 9.85. The zero-order valence-electron chi connectivity index (χ0n) is 11.4. The molecule has 0 aliphatic rings. The first-order valence-corrected chi connectivity index (χ1v) is 8.31. The highest BCUT2D eigenvalue weighted by molar-refractivity contribution is 9.10. The molecule has 0 aliphatic heterocycles. The highest BCUT2D eigenvalue weighted by Crippen LogP contribution is 2.25. The number of aromatic nitrogens is 3. The standard InChI is InChI=1S/C11H15BrN6O2S/c1-7(2)18-10(3-4-15-18)17-21(19,20)9-5-8(12)6-14-11(9)16-13/h3-7,17H,13H2,1-2H3,(H,14,16). The molecular formula is C11H15BrN6O2S. The molecule has 0 atom stereocenters. The number of nitrogens with zero attached hydrogens (tertiary/aromatic N) is 3. The molecule has 0 saturated heterocycles. The fraction of sp³-hybridized carbons (Fsp3) is 0.273. The molecule has 0 saturated carbocycles. The van der Waals surface area contributed by atoms with E-state index in [9.17, 15) is 8.42 Å². The Hall–Kier alpha value is -1.65. The maximum atomic E-state index is 12.5. The molecule has 2 heterocycles. The number of nitrogens with two attached hydrogens (primary N) is 1. The van der Waals surface area contributed by atoms with E-state index in [0.29, 0.717) is 10.3 Å². The van der Waals surface area contributed by atoms with Crippen LogP contribution in [-0.4, -0.2) is 23.2 Å². The van der Waals surface area contributed by atoms with Gasteiger partial charge in [0.25, 0.3) is 10.0 Å². The molecule has 21 heavy (non-hydrogen) atoms. The Morgan fingerprint density at radius 1 is 1.43 bits per heavy atom. The van der Waals surface area contributed by atoms with E-state index < -0.39 is 10.0 Å². The summed E-state index contributed by atoms with van der Waals surface area (Å²) >= 11 is 3.19. The van der Waals surface area contributed by atoms with Gasteiger partial charge >= 0.3 is 0 Å². The van der Waals surface area contributed by atoms with E-state index in [1.165, 1.54) is 18.5 Å². The van der Waals surface area contributed by atoms with Crippen LogP contribution in [-0.2, 0) is 10.0 Å². The van der Waals surface area contributed by atoms with Gasteiger partial charge < -0.3 is 5.43 Å². The van der Waals surface area contributed by atoms with Crippen LogP contribution in [0.4, 0.5) is 11.6 Å². The molecule has 114 valence electrons. The van der Waals surface area contributed by atoms with E-state index in [1.54, 1.807) is 10.7 Å². The molecule has 8 nitrogen and oxygen atoms in total. The predicted octanol–water partition coefficient (Wildman–Crippen LogP) is 1.71. The first-order valence-electron chi connectivity index (χ1n) is 6.03. The van der Waals surface area contributed by atoms with Crippen molar-refractivity contribution in [2.24, 2.45) is 5.84 Å². The molecular weight excluding hydrogens is 360 g/mol. The summed E-state index contributed by atoms with van der Waals surface area (Å²) in [5.74, 6) is 5.74. The summed E-state index contributed by atoms with van der Waals surface area (Å²) in [5, 5.41) is 4.08. The molecule has 0 unspecified atom stereocenters. The Labute approximate surface area is 130 Å². The van der Waals surface area contributed by atoms with Crippen molar-refractivity contribution < 1.29 is 8.42 Å². The summed E-state index contributed by atoms with van der Waals surface area (Å²) < 4.78 is 29.6. The fourth-order valence-electron chi connectivity index (χ4n) is 1.73. The summed E-state index contributed by atoms with van der Waals surface area (Å²) in [5.41, 5.74) is 2.27. The summed E-state index contributed by atoms with van der Waals surface area (Å²) in [6.45, 7) is 3.80. The summed E-state index contributed by atoms with van der Waals surface area (Å²) in [6, 6.07) is 3.02. The van der Waals surface area contributed by atoms with Gasteiger partial charge in [-0.3, -0.25) is 4.72 Å². The van der Waals surface area contributed by atoms with Gasteiger partial charge in [-0.1, -0.05) is 0 Å². The van der Waals surface area contributed by atoms with E-state index in [0.717, 1.165) is 0 Å². The lowest BCUT2D eigenvalue weighted by Crippen LogP contribution is -2.20. The van der Waals surface area contributed by atoms with Crippen molar-refractivity contribution in [2.75, 3.05) is 10.1 Å². The Kier molecular flexibility index (Phi) is 4.49. The minimum Gasteiger partial charge on any atom is -0.307 e. The molecule has 0 aliphatic carbocycles. The quantitative estimate of drug-likeness (QED) is 0.541. The minimum atomic E-state index is -3.85. The maximum Gasteiger partial charge on any atom is 0.266 e. The number of halogens is 1. The monoisotopic (exact) mass is 374 g/mol. The van der Waals surface area contributed by atoms with Gasteiger partial charge in [-0.05, 0) is 35.8 Å². The van der Waals surface area contributed by atoms with Gasteiger partial charge in [-0.2, -0.15) is 5.10 Å².